The van der Waals surface area contributed by atoms with Crippen molar-refractivity contribution in [1.82, 2.24) is 0 Å². The molecule has 0 saturated carbocycles. The first-order valence-electron chi connectivity index (χ1n) is 3.39. The Hall–Kier alpha value is 0.494. The van der Waals surface area contributed by atoms with E-state index in [-0.39, 0.29) is 7.53 Å². The van der Waals surface area contributed by atoms with Crippen molar-refractivity contribution in [3.05, 3.63) is 16.4 Å². The first-order valence-corrected chi connectivity index (χ1v) is 5.96. The summed E-state index contributed by atoms with van der Waals surface area (Å²) in [6.45, 7) is 9.08. The van der Waals surface area contributed by atoms with Crippen molar-refractivity contribution < 1.29 is 20.4 Å². The van der Waals surface area contributed by atoms with Gasteiger partial charge in [0.2, 0.25) is 0 Å². The van der Waals surface area contributed by atoms with Crippen molar-refractivity contribution >= 4 is 11.1 Å². The zero-order chi connectivity index (χ0) is 7.89. The molecular formula is C8H12PTi. The Kier molecular flexibility index (Phi) is 2.45. The van der Waals surface area contributed by atoms with E-state index >= 15 is 0 Å². The molecule has 0 fully saturated rings. The molecule has 1 aromatic heterocycles. The normalized spacial score (nSPS) is 12.1. The van der Waals surface area contributed by atoms with E-state index < -0.39 is 0 Å². The van der Waals surface area contributed by atoms with Crippen LogP contribution in [0.5, 0.6) is 0 Å². The van der Waals surface area contributed by atoms with Gasteiger partial charge in [-0.3, -0.25) is 0 Å². The second-order valence-corrected chi connectivity index (χ2v) is 6.42. The summed E-state index contributed by atoms with van der Waals surface area (Å²) < 4.78 is 1.62. The molecule has 1 atom stereocenters. The van der Waals surface area contributed by atoms with Gasteiger partial charge in [-0.25, -0.2) is 0 Å². The Morgan fingerprint density at radius 2 is 1.60 bits per heavy atom. The predicted octanol–water partition coefficient (Wildman–Crippen LogP) is 2.31. The van der Waals surface area contributed by atoms with Gasteiger partial charge in [0.25, 0.3) is 0 Å². The van der Waals surface area contributed by atoms with E-state index in [0.29, 0.717) is 0 Å². The molecule has 53 valence electrons. The van der Waals surface area contributed by atoms with E-state index in [4.69, 9.17) is 0 Å². The molecular weight excluding hydrogens is 175 g/mol. The monoisotopic (exact) mass is 187 g/mol. The van der Waals surface area contributed by atoms with Crippen LogP contribution in [0.15, 0.2) is 0 Å². The summed E-state index contributed by atoms with van der Waals surface area (Å²) in [5, 5.41) is 1.62. The molecule has 0 aliphatic carbocycles. The minimum atomic E-state index is 0.0931. The molecule has 0 N–H and O–H groups in total. The first kappa shape index (κ1) is 8.59. The van der Waals surface area contributed by atoms with Crippen LogP contribution < -0.4 is 3.60 Å². The molecule has 0 nitrogen and oxygen atoms in total. The summed E-state index contributed by atoms with van der Waals surface area (Å²) >= 11 is 2.26. The second-order valence-electron chi connectivity index (χ2n) is 2.74. The third-order valence-electron chi connectivity index (χ3n) is 2.30. The van der Waals surface area contributed by atoms with Crippen molar-refractivity contribution in [1.29, 1.82) is 0 Å². The van der Waals surface area contributed by atoms with Crippen LogP contribution in [0.4, 0.5) is 0 Å². The molecule has 0 radical (unpaired) electrons. The van der Waals surface area contributed by atoms with Crippen molar-refractivity contribution in [2.24, 2.45) is 6.66 Å². The summed E-state index contributed by atoms with van der Waals surface area (Å²) in [5.74, 6) is 0. The van der Waals surface area contributed by atoms with E-state index in [1.54, 1.807) is 8.90 Å². The van der Waals surface area contributed by atoms with Gasteiger partial charge in [0, 0.05) is 0 Å². The second kappa shape index (κ2) is 2.85. The van der Waals surface area contributed by atoms with E-state index in [1.807, 2.05) is 0 Å². The summed E-state index contributed by atoms with van der Waals surface area (Å²) in [6.07, 6.45) is 0. The quantitative estimate of drug-likeness (QED) is 0.546. The topological polar surface area (TPSA) is 0 Å². The van der Waals surface area contributed by atoms with Crippen LogP contribution in [0.3, 0.4) is 0 Å². The van der Waals surface area contributed by atoms with Crippen LogP contribution in [-0.2, 0) is 27.1 Å². The molecule has 2 heteroatoms. The molecule has 0 amide bonds. The maximum absolute atomic E-state index is 2.35. The molecule has 1 aromatic rings. The van der Waals surface area contributed by atoms with Gasteiger partial charge in [-0.15, -0.1) is 0 Å². The fourth-order valence-electron chi connectivity index (χ4n) is 1.12. The van der Waals surface area contributed by atoms with E-state index in [0.717, 1.165) is 0 Å². The van der Waals surface area contributed by atoms with Crippen molar-refractivity contribution in [2.75, 3.05) is 0 Å². The Bertz CT molecular complexity index is 180. The summed E-state index contributed by atoms with van der Waals surface area (Å²) in [6, 6.07) is 0. The average Bonchev–Trinajstić information content (AvgIpc) is 2.07. The van der Waals surface area contributed by atoms with Gasteiger partial charge in [-0.05, 0) is 0 Å². The molecule has 10 heavy (non-hydrogen) atoms. The van der Waals surface area contributed by atoms with Gasteiger partial charge in [0.15, 0.2) is 0 Å². The molecule has 0 aromatic carbocycles. The molecule has 0 saturated heterocycles. The van der Waals surface area contributed by atoms with Crippen LogP contribution >= 0.6 is 7.53 Å². The fourth-order valence-corrected chi connectivity index (χ4v) is 3.88. The summed E-state index contributed by atoms with van der Waals surface area (Å²) in [7, 11) is 0.0931. The van der Waals surface area contributed by atoms with Gasteiger partial charge >= 0.3 is 75.4 Å². The Labute approximate surface area is 75.5 Å². The average molecular weight is 187 g/mol. The number of rotatable bonds is 0. The summed E-state index contributed by atoms with van der Waals surface area (Å²) in [5.41, 5.74) is 3.07. The molecule has 0 bridgehead atoms. The SMILES string of the molecule is Cc1c(C)[c]([Ti])p(C)c1C. The molecule has 1 rings (SSSR count). The van der Waals surface area contributed by atoms with Crippen LogP contribution in [0.25, 0.3) is 0 Å². The Morgan fingerprint density at radius 1 is 1.10 bits per heavy atom. The first-order chi connectivity index (χ1) is 4.55. The Morgan fingerprint density at radius 3 is 1.70 bits per heavy atom. The van der Waals surface area contributed by atoms with Crippen LogP contribution in [-0.4, -0.2) is 0 Å². The fraction of sp³-hybridized carbons (Fsp3) is 0.500. The van der Waals surface area contributed by atoms with Crippen molar-refractivity contribution in [3.8, 4) is 0 Å². The third-order valence-corrected chi connectivity index (χ3v) is 6.80. The number of hydrogen-bond acceptors (Lipinski definition) is 0. The Balaban J connectivity index is 3.44. The number of hydrogen-bond donors (Lipinski definition) is 0. The van der Waals surface area contributed by atoms with Crippen LogP contribution in [0, 0.1) is 20.8 Å². The predicted molar refractivity (Wildman–Crippen MR) is 44.0 cm³/mol. The van der Waals surface area contributed by atoms with Gasteiger partial charge in [-0.2, -0.15) is 0 Å². The zero-order valence-electron chi connectivity index (χ0n) is 6.95. The van der Waals surface area contributed by atoms with Gasteiger partial charge in [-0.1, -0.05) is 0 Å². The van der Waals surface area contributed by atoms with Crippen LogP contribution in [0.1, 0.15) is 16.4 Å². The van der Waals surface area contributed by atoms with Gasteiger partial charge < -0.3 is 0 Å². The molecule has 0 aliphatic heterocycles. The van der Waals surface area contributed by atoms with Gasteiger partial charge in [0.05, 0.1) is 0 Å². The minimum absolute atomic E-state index is 0.0931. The van der Waals surface area contributed by atoms with E-state index in [9.17, 15) is 0 Å². The molecule has 0 aliphatic rings. The van der Waals surface area contributed by atoms with E-state index in [1.165, 1.54) is 11.1 Å². The summed E-state index contributed by atoms with van der Waals surface area (Å²) in [4.78, 5) is 0. The van der Waals surface area contributed by atoms with Gasteiger partial charge in [0.1, 0.15) is 0 Å². The molecule has 1 heterocycles. The maximum atomic E-state index is 2.35. The standard InChI is InChI=1S/C8H12P.Ti/c1-6-5-9(4)8(3)7(6)2;/h1-4H3;. The van der Waals surface area contributed by atoms with Crippen molar-refractivity contribution in [3.63, 3.8) is 0 Å². The molecule has 1 unspecified atom stereocenters. The van der Waals surface area contributed by atoms with Crippen LogP contribution in [0.2, 0.25) is 0 Å². The third kappa shape index (κ3) is 1.14. The van der Waals surface area contributed by atoms with Crippen molar-refractivity contribution in [2.45, 2.75) is 20.8 Å². The zero-order valence-corrected chi connectivity index (χ0v) is 9.40. The van der Waals surface area contributed by atoms with E-state index in [2.05, 4.69) is 47.9 Å². The molecule has 0 spiro atoms.